The van der Waals surface area contributed by atoms with Crippen LogP contribution in [0.15, 0.2) is 46.2 Å². The minimum absolute atomic E-state index is 0.386. The SMILES string of the molecule is Cc1cc(N)cc(Sc2ccc(F)cc2F)c1. The quantitative estimate of drug-likeness (QED) is 0.816. The highest BCUT2D eigenvalue weighted by Gasteiger charge is 2.06. The van der Waals surface area contributed by atoms with Gasteiger partial charge in [0.1, 0.15) is 11.6 Å². The van der Waals surface area contributed by atoms with Crippen LogP contribution in [0.25, 0.3) is 0 Å². The van der Waals surface area contributed by atoms with E-state index in [9.17, 15) is 8.78 Å². The van der Waals surface area contributed by atoms with Crippen molar-refractivity contribution in [1.82, 2.24) is 0 Å². The van der Waals surface area contributed by atoms with E-state index in [-0.39, 0.29) is 0 Å². The minimum atomic E-state index is -0.574. The van der Waals surface area contributed by atoms with E-state index in [1.165, 1.54) is 23.9 Å². The highest BCUT2D eigenvalue weighted by atomic mass is 32.2. The number of hydrogen-bond donors (Lipinski definition) is 1. The number of hydrogen-bond acceptors (Lipinski definition) is 2. The lowest BCUT2D eigenvalue weighted by molar-refractivity contribution is 0.565. The van der Waals surface area contributed by atoms with Crippen molar-refractivity contribution in [1.29, 1.82) is 0 Å². The molecule has 2 aromatic rings. The maximum atomic E-state index is 13.4. The Labute approximate surface area is 103 Å². The van der Waals surface area contributed by atoms with Crippen LogP contribution in [-0.2, 0) is 0 Å². The second-order valence-electron chi connectivity index (χ2n) is 3.76. The van der Waals surface area contributed by atoms with E-state index in [0.29, 0.717) is 10.6 Å². The third-order valence-corrected chi connectivity index (χ3v) is 3.22. The molecule has 0 aromatic heterocycles. The molecule has 0 bridgehead atoms. The molecular formula is C13H11F2NS. The number of anilines is 1. The standard InChI is InChI=1S/C13H11F2NS/c1-8-4-10(16)7-11(5-8)17-13-3-2-9(14)6-12(13)15/h2-7H,16H2,1H3. The Hall–Kier alpha value is -1.55. The first kappa shape index (κ1) is 11.9. The molecule has 2 N–H and O–H groups in total. The van der Waals surface area contributed by atoms with Crippen molar-refractivity contribution in [3.8, 4) is 0 Å². The highest BCUT2D eigenvalue weighted by Crippen LogP contribution is 2.31. The van der Waals surface area contributed by atoms with Crippen LogP contribution in [0.5, 0.6) is 0 Å². The zero-order valence-corrected chi connectivity index (χ0v) is 10.0. The van der Waals surface area contributed by atoms with Crippen molar-refractivity contribution in [2.45, 2.75) is 16.7 Å². The summed E-state index contributed by atoms with van der Waals surface area (Å²) in [7, 11) is 0. The van der Waals surface area contributed by atoms with Gasteiger partial charge >= 0.3 is 0 Å². The molecule has 4 heteroatoms. The van der Waals surface area contributed by atoms with Gasteiger partial charge in [0.2, 0.25) is 0 Å². The lowest BCUT2D eigenvalue weighted by Gasteiger charge is -2.05. The van der Waals surface area contributed by atoms with Crippen molar-refractivity contribution in [2.24, 2.45) is 0 Å². The first-order chi connectivity index (χ1) is 8.04. The van der Waals surface area contributed by atoms with Gasteiger partial charge in [-0.25, -0.2) is 8.78 Å². The van der Waals surface area contributed by atoms with Crippen molar-refractivity contribution in [2.75, 3.05) is 5.73 Å². The second-order valence-corrected chi connectivity index (χ2v) is 4.87. The normalized spacial score (nSPS) is 10.5. The summed E-state index contributed by atoms with van der Waals surface area (Å²) in [6, 6.07) is 9.05. The van der Waals surface area contributed by atoms with Crippen molar-refractivity contribution < 1.29 is 8.78 Å². The van der Waals surface area contributed by atoms with Gasteiger partial charge in [0, 0.05) is 21.5 Å². The summed E-state index contributed by atoms with van der Waals surface area (Å²) in [4.78, 5) is 1.23. The fraction of sp³-hybridized carbons (Fsp3) is 0.0769. The lowest BCUT2D eigenvalue weighted by Crippen LogP contribution is -1.88. The predicted molar refractivity (Wildman–Crippen MR) is 66.1 cm³/mol. The van der Waals surface area contributed by atoms with E-state index in [4.69, 9.17) is 5.73 Å². The molecule has 1 nitrogen and oxygen atoms in total. The van der Waals surface area contributed by atoms with Crippen molar-refractivity contribution >= 4 is 17.4 Å². The topological polar surface area (TPSA) is 26.0 Å². The number of nitrogen functional groups attached to an aromatic ring is 1. The molecule has 0 saturated carbocycles. The lowest BCUT2D eigenvalue weighted by atomic mass is 10.2. The van der Waals surface area contributed by atoms with Gasteiger partial charge in [0.15, 0.2) is 0 Å². The molecule has 0 unspecified atom stereocenters. The van der Waals surface area contributed by atoms with Crippen LogP contribution in [-0.4, -0.2) is 0 Å². The smallest absolute Gasteiger partial charge is 0.140 e. The monoisotopic (exact) mass is 251 g/mol. The Bertz CT molecular complexity index is 535. The molecule has 0 atom stereocenters. The molecular weight excluding hydrogens is 240 g/mol. The van der Waals surface area contributed by atoms with Gasteiger partial charge in [-0.05, 0) is 42.8 Å². The van der Waals surface area contributed by atoms with Crippen LogP contribution in [0.4, 0.5) is 14.5 Å². The van der Waals surface area contributed by atoms with E-state index in [1.54, 1.807) is 6.07 Å². The van der Waals surface area contributed by atoms with Gasteiger partial charge < -0.3 is 5.73 Å². The van der Waals surface area contributed by atoms with Gasteiger partial charge in [-0.15, -0.1) is 0 Å². The fourth-order valence-electron chi connectivity index (χ4n) is 1.52. The Morgan fingerprint density at radius 2 is 1.82 bits per heavy atom. The van der Waals surface area contributed by atoms with E-state index >= 15 is 0 Å². The molecule has 0 aliphatic heterocycles. The maximum Gasteiger partial charge on any atom is 0.140 e. The number of nitrogens with two attached hydrogens (primary N) is 1. The summed E-state index contributed by atoms with van der Waals surface area (Å²) in [5.74, 6) is -1.13. The summed E-state index contributed by atoms with van der Waals surface area (Å²) < 4.78 is 26.2. The number of rotatable bonds is 2. The van der Waals surface area contributed by atoms with E-state index in [1.807, 2.05) is 19.1 Å². The first-order valence-electron chi connectivity index (χ1n) is 5.04. The van der Waals surface area contributed by atoms with Crippen LogP contribution in [0.2, 0.25) is 0 Å². The molecule has 0 spiro atoms. The summed E-state index contributed by atoms with van der Waals surface area (Å²) in [6.07, 6.45) is 0. The van der Waals surface area contributed by atoms with Crippen LogP contribution in [0, 0.1) is 18.6 Å². The number of aryl methyl sites for hydroxylation is 1. The van der Waals surface area contributed by atoms with E-state index in [2.05, 4.69) is 0 Å². The van der Waals surface area contributed by atoms with Gasteiger partial charge in [0.05, 0.1) is 0 Å². The number of halogens is 2. The van der Waals surface area contributed by atoms with Gasteiger partial charge in [-0.2, -0.15) is 0 Å². The Balaban J connectivity index is 2.31. The minimum Gasteiger partial charge on any atom is -0.399 e. The molecule has 2 rings (SSSR count). The average Bonchev–Trinajstić information content (AvgIpc) is 2.21. The van der Waals surface area contributed by atoms with E-state index < -0.39 is 11.6 Å². The van der Waals surface area contributed by atoms with Crippen LogP contribution < -0.4 is 5.73 Å². The zero-order valence-electron chi connectivity index (χ0n) is 9.21. The molecule has 2 aromatic carbocycles. The first-order valence-corrected chi connectivity index (χ1v) is 5.86. The summed E-state index contributed by atoms with van der Waals surface area (Å²) >= 11 is 1.23. The van der Waals surface area contributed by atoms with Crippen molar-refractivity contribution in [3.05, 3.63) is 53.6 Å². The van der Waals surface area contributed by atoms with Gasteiger partial charge in [0.25, 0.3) is 0 Å². The Morgan fingerprint density at radius 1 is 1.06 bits per heavy atom. The second kappa shape index (κ2) is 4.75. The van der Waals surface area contributed by atoms with E-state index in [0.717, 1.165) is 16.5 Å². The maximum absolute atomic E-state index is 13.4. The molecule has 0 amide bonds. The van der Waals surface area contributed by atoms with Crippen LogP contribution in [0.3, 0.4) is 0 Å². The molecule has 0 aliphatic carbocycles. The molecule has 0 heterocycles. The zero-order chi connectivity index (χ0) is 12.4. The molecule has 0 aliphatic rings. The Morgan fingerprint density at radius 3 is 2.47 bits per heavy atom. The summed E-state index contributed by atoms with van der Waals surface area (Å²) in [6.45, 7) is 1.92. The Kier molecular flexibility index (Phi) is 3.33. The summed E-state index contributed by atoms with van der Waals surface area (Å²) in [5, 5.41) is 0. The molecule has 88 valence electrons. The van der Waals surface area contributed by atoms with Gasteiger partial charge in [-0.3, -0.25) is 0 Å². The largest absolute Gasteiger partial charge is 0.399 e. The number of benzene rings is 2. The van der Waals surface area contributed by atoms with Crippen LogP contribution >= 0.6 is 11.8 Å². The fourth-order valence-corrected chi connectivity index (χ4v) is 2.51. The molecule has 0 saturated heterocycles. The van der Waals surface area contributed by atoms with Crippen LogP contribution in [0.1, 0.15) is 5.56 Å². The van der Waals surface area contributed by atoms with Crippen molar-refractivity contribution in [3.63, 3.8) is 0 Å². The summed E-state index contributed by atoms with van der Waals surface area (Å²) in [5.41, 5.74) is 7.35. The molecule has 0 radical (unpaired) electrons. The van der Waals surface area contributed by atoms with Gasteiger partial charge in [-0.1, -0.05) is 11.8 Å². The highest BCUT2D eigenvalue weighted by molar-refractivity contribution is 7.99. The molecule has 17 heavy (non-hydrogen) atoms. The predicted octanol–water partition coefficient (Wildman–Crippen LogP) is 4.01. The average molecular weight is 251 g/mol. The third kappa shape index (κ3) is 2.97. The molecule has 0 fully saturated rings. The third-order valence-electron chi connectivity index (χ3n) is 2.19.